The summed E-state index contributed by atoms with van der Waals surface area (Å²) in [5, 5.41) is 21.1. The molecule has 2 N–H and O–H groups in total. The summed E-state index contributed by atoms with van der Waals surface area (Å²) in [6.07, 6.45) is 1.54. The number of amides is 1. The maximum atomic E-state index is 12.6. The lowest BCUT2D eigenvalue weighted by Gasteiger charge is -2.16. The fraction of sp³-hybridized carbons (Fsp3) is 0.261. The van der Waals surface area contributed by atoms with Gasteiger partial charge in [-0.15, -0.1) is 0 Å². The zero-order chi connectivity index (χ0) is 21.6. The molecule has 1 amide bonds. The van der Waals surface area contributed by atoms with Gasteiger partial charge in [-0.05, 0) is 72.9 Å². The Balaban J connectivity index is 2.37. The molecule has 0 aliphatic heterocycles. The van der Waals surface area contributed by atoms with Crippen molar-refractivity contribution in [3.63, 3.8) is 0 Å². The molecule has 0 aliphatic rings. The highest BCUT2D eigenvalue weighted by molar-refractivity contribution is 6.10. The summed E-state index contributed by atoms with van der Waals surface area (Å²) in [5.41, 5.74) is 2.91. The molecule has 0 aromatic heterocycles. The second-order valence-corrected chi connectivity index (χ2v) is 6.84. The number of aromatic carboxylic acids is 1. The Morgan fingerprint density at radius 1 is 1.28 bits per heavy atom. The molecule has 6 heteroatoms. The number of anilines is 1. The molecule has 0 saturated heterocycles. The highest BCUT2D eigenvalue weighted by atomic mass is 16.5. The van der Waals surface area contributed by atoms with Crippen LogP contribution in [-0.2, 0) is 4.79 Å². The van der Waals surface area contributed by atoms with Gasteiger partial charge < -0.3 is 15.2 Å². The molecule has 0 fully saturated rings. The monoisotopic (exact) mass is 392 g/mol. The highest BCUT2D eigenvalue weighted by Gasteiger charge is 2.15. The summed E-state index contributed by atoms with van der Waals surface area (Å²) in [5.74, 6) is -0.689. The van der Waals surface area contributed by atoms with Gasteiger partial charge in [-0.1, -0.05) is 19.9 Å². The van der Waals surface area contributed by atoms with Crippen LogP contribution in [-0.4, -0.2) is 23.6 Å². The summed E-state index contributed by atoms with van der Waals surface area (Å²) >= 11 is 0. The van der Waals surface area contributed by atoms with Crippen molar-refractivity contribution in [2.75, 3.05) is 11.9 Å². The van der Waals surface area contributed by atoms with Gasteiger partial charge in [-0.3, -0.25) is 4.79 Å². The van der Waals surface area contributed by atoms with Gasteiger partial charge in [-0.2, -0.15) is 5.26 Å². The number of ether oxygens (including phenoxy) is 1. The number of nitrogens with one attached hydrogen (secondary N) is 1. The molecule has 2 aromatic carbocycles. The Bertz CT molecular complexity index is 1000. The van der Waals surface area contributed by atoms with E-state index < -0.39 is 11.9 Å². The predicted molar refractivity (Wildman–Crippen MR) is 112 cm³/mol. The number of hydrogen-bond acceptors (Lipinski definition) is 4. The van der Waals surface area contributed by atoms with Crippen LogP contribution in [0.4, 0.5) is 5.69 Å². The summed E-state index contributed by atoms with van der Waals surface area (Å²) < 4.78 is 5.71. The van der Waals surface area contributed by atoms with Crippen molar-refractivity contribution in [1.82, 2.24) is 0 Å². The van der Waals surface area contributed by atoms with Crippen LogP contribution in [0, 0.1) is 18.3 Å². The maximum Gasteiger partial charge on any atom is 0.335 e. The molecule has 0 unspecified atom stereocenters. The second-order valence-electron chi connectivity index (χ2n) is 6.84. The third kappa shape index (κ3) is 5.45. The smallest absolute Gasteiger partial charge is 0.335 e. The van der Waals surface area contributed by atoms with E-state index in [9.17, 15) is 14.9 Å². The lowest BCUT2D eigenvalue weighted by atomic mass is 9.95. The number of rotatable bonds is 7. The van der Waals surface area contributed by atoms with E-state index in [1.54, 1.807) is 6.07 Å². The number of carbonyl (C=O) groups is 2. The Labute approximate surface area is 170 Å². The van der Waals surface area contributed by atoms with Crippen LogP contribution in [0.5, 0.6) is 5.75 Å². The molecular formula is C23H24N2O4. The maximum absolute atomic E-state index is 12.6. The van der Waals surface area contributed by atoms with Gasteiger partial charge in [0.2, 0.25) is 0 Å². The summed E-state index contributed by atoms with van der Waals surface area (Å²) in [6, 6.07) is 11.6. The van der Waals surface area contributed by atoms with Crippen LogP contribution in [0.2, 0.25) is 0 Å². The zero-order valence-corrected chi connectivity index (χ0v) is 16.9. The first kappa shape index (κ1) is 21.7. The van der Waals surface area contributed by atoms with Gasteiger partial charge in [0, 0.05) is 5.69 Å². The third-order valence-corrected chi connectivity index (χ3v) is 4.35. The molecule has 0 heterocycles. The van der Waals surface area contributed by atoms with E-state index in [1.807, 2.05) is 45.9 Å². The first-order valence-electron chi connectivity index (χ1n) is 9.30. The Morgan fingerprint density at radius 2 is 2.00 bits per heavy atom. The number of carboxylic acid groups (broad SMARTS) is 1. The number of benzene rings is 2. The normalized spacial score (nSPS) is 11.1. The minimum atomic E-state index is -1.09. The van der Waals surface area contributed by atoms with Crippen LogP contribution in [0.3, 0.4) is 0 Å². The standard InChI is InChI=1S/C23H24N2O4/c1-5-29-21-9-15(4)17(12-20(21)14(2)3)10-18(13-24)22(26)25-19-8-6-7-16(11-19)23(27)28/h6-12,14H,5H2,1-4H3,(H,25,26)(H,27,28)/b18-10-. The van der Waals surface area contributed by atoms with Crippen molar-refractivity contribution in [3.8, 4) is 11.8 Å². The van der Waals surface area contributed by atoms with Crippen molar-refractivity contribution in [3.05, 3.63) is 64.2 Å². The van der Waals surface area contributed by atoms with Gasteiger partial charge in [0.05, 0.1) is 12.2 Å². The molecule has 0 saturated carbocycles. The van der Waals surface area contributed by atoms with E-state index in [1.165, 1.54) is 24.3 Å². The van der Waals surface area contributed by atoms with Gasteiger partial charge in [0.25, 0.3) is 5.91 Å². The molecule has 0 bridgehead atoms. The van der Waals surface area contributed by atoms with Gasteiger partial charge >= 0.3 is 5.97 Å². The number of nitriles is 1. The molecule has 150 valence electrons. The molecule has 6 nitrogen and oxygen atoms in total. The second kappa shape index (κ2) is 9.56. The average molecular weight is 392 g/mol. The van der Waals surface area contributed by atoms with Crippen LogP contribution < -0.4 is 10.1 Å². The third-order valence-electron chi connectivity index (χ3n) is 4.35. The molecule has 0 radical (unpaired) electrons. The largest absolute Gasteiger partial charge is 0.494 e. The fourth-order valence-electron chi connectivity index (χ4n) is 2.84. The van der Waals surface area contributed by atoms with E-state index in [0.29, 0.717) is 12.3 Å². The summed E-state index contributed by atoms with van der Waals surface area (Å²) in [4.78, 5) is 23.6. The number of nitrogens with zero attached hydrogens (tertiary/aromatic N) is 1. The fourth-order valence-corrected chi connectivity index (χ4v) is 2.84. The van der Waals surface area contributed by atoms with E-state index in [-0.39, 0.29) is 17.1 Å². The van der Waals surface area contributed by atoms with Crippen molar-refractivity contribution >= 4 is 23.6 Å². The Hall–Kier alpha value is -3.59. The van der Waals surface area contributed by atoms with E-state index in [0.717, 1.165) is 22.4 Å². The van der Waals surface area contributed by atoms with E-state index in [4.69, 9.17) is 9.84 Å². The van der Waals surface area contributed by atoms with Crippen LogP contribution in [0.15, 0.2) is 42.0 Å². The van der Waals surface area contributed by atoms with Gasteiger partial charge in [-0.25, -0.2) is 4.79 Å². The first-order chi connectivity index (χ1) is 13.8. The minimum absolute atomic E-state index is 0.0502. The van der Waals surface area contributed by atoms with Gasteiger partial charge in [0.1, 0.15) is 17.4 Å². The highest BCUT2D eigenvalue weighted by Crippen LogP contribution is 2.31. The van der Waals surface area contributed by atoms with Gasteiger partial charge in [0.15, 0.2) is 0 Å². The lowest BCUT2D eigenvalue weighted by Crippen LogP contribution is -2.14. The molecule has 29 heavy (non-hydrogen) atoms. The zero-order valence-electron chi connectivity index (χ0n) is 16.9. The van der Waals surface area contributed by atoms with Crippen LogP contribution in [0.25, 0.3) is 6.08 Å². The van der Waals surface area contributed by atoms with Crippen LogP contribution >= 0.6 is 0 Å². The first-order valence-corrected chi connectivity index (χ1v) is 9.30. The predicted octanol–water partition coefficient (Wildman–Crippen LogP) is 4.76. The molecule has 2 rings (SSSR count). The van der Waals surface area contributed by atoms with Crippen molar-refractivity contribution in [1.29, 1.82) is 5.26 Å². The molecular weight excluding hydrogens is 368 g/mol. The topological polar surface area (TPSA) is 99.4 Å². The van der Waals surface area contributed by atoms with Crippen molar-refractivity contribution in [2.24, 2.45) is 0 Å². The van der Waals surface area contributed by atoms with Crippen molar-refractivity contribution in [2.45, 2.75) is 33.6 Å². The Kier molecular flexibility index (Phi) is 7.15. The average Bonchev–Trinajstić information content (AvgIpc) is 2.67. The summed E-state index contributed by atoms with van der Waals surface area (Å²) in [6.45, 7) is 8.46. The number of carboxylic acids is 1. The SMILES string of the molecule is CCOc1cc(C)c(/C=C(/C#N)C(=O)Nc2cccc(C(=O)O)c2)cc1C(C)C. The molecule has 2 aromatic rings. The Morgan fingerprint density at radius 3 is 2.59 bits per heavy atom. The minimum Gasteiger partial charge on any atom is -0.494 e. The van der Waals surface area contributed by atoms with Crippen LogP contribution in [0.1, 0.15) is 53.7 Å². The molecule has 0 aliphatic carbocycles. The molecule has 0 spiro atoms. The van der Waals surface area contributed by atoms with E-state index in [2.05, 4.69) is 5.32 Å². The summed E-state index contributed by atoms with van der Waals surface area (Å²) in [7, 11) is 0. The number of hydrogen-bond donors (Lipinski definition) is 2. The number of aryl methyl sites for hydroxylation is 1. The number of carbonyl (C=O) groups excluding carboxylic acids is 1. The van der Waals surface area contributed by atoms with E-state index >= 15 is 0 Å². The van der Waals surface area contributed by atoms with Crippen molar-refractivity contribution < 1.29 is 19.4 Å². The quantitative estimate of drug-likeness (QED) is 0.523. The molecule has 0 atom stereocenters. The lowest BCUT2D eigenvalue weighted by molar-refractivity contribution is -0.112.